The van der Waals surface area contributed by atoms with Crippen LogP contribution in [-0.4, -0.2) is 5.91 Å². The van der Waals surface area contributed by atoms with Gasteiger partial charge in [0.05, 0.1) is 11.6 Å². The fraction of sp³-hybridized carbons (Fsp3) is 0.188. The van der Waals surface area contributed by atoms with Crippen molar-refractivity contribution in [1.82, 2.24) is 5.32 Å². The molecular weight excluding hydrogens is 272 g/mol. The Hall–Kier alpha value is -2.00. The largest absolute Gasteiger partial charge is 0.398 e. The molecule has 2 aromatic carbocycles. The maximum atomic E-state index is 12.2. The molecule has 0 bridgehead atoms. The third-order valence-corrected chi connectivity index (χ3v) is 3.38. The van der Waals surface area contributed by atoms with Gasteiger partial charge in [0.2, 0.25) is 0 Å². The molecule has 0 aliphatic carbocycles. The van der Waals surface area contributed by atoms with Crippen LogP contribution in [0.5, 0.6) is 0 Å². The van der Waals surface area contributed by atoms with Gasteiger partial charge in [0.15, 0.2) is 0 Å². The molecule has 3 nitrogen and oxygen atoms in total. The van der Waals surface area contributed by atoms with Gasteiger partial charge in [-0.25, -0.2) is 0 Å². The molecule has 104 valence electrons. The number of nitrogen functional groups attached to an aromatic ring is 1. The molecule has 0 aliphatic heterocycles. The molecule has 3 N–H and O–H groups in total. The number of aryl methyl sites for hydroxylation is 1. The number of carbonyl (C=O) groups is 1. The molecule has 0 radical (unpaired) electrons. The molecular formula is C16H17ClN2O. The van der Waals surface area contributed by atoms with Gasteiger partial charge in [0.1, 0.15) is 0 Å². The van der Waals surface area contributed by atoms with Crippen molar-refractivity contribution in [3.8, 4) is 0 Å². The lowest BCUT2D eigenvalue weighted by Gasteiger charge is -2.15. The van der Waals surface area contributed by atoms with E-state index in [9.17, 15) is 4.79 Å². The van der Waals surface area contributed by atoms with Crippen LogP contribution in [0.3, 0.4) is 0 Å². The highest BCUT2D eigenvalue weighted by Crippen LogP contribution is 2.19. The zero-order valence-electron chi connectivity index (χ0n) is 11.5. The minimum absolute atomic E-state index is 0.137. The van der Waals surface area contributed by atoms with Crippen molar-refractivity contribution >= 4 is 23.2 Å². The van der Waals surface area contributed by atoms with Gasteiger partial charge in [-0.1, -0.05) is 29.8 Å². The van der Waals surface area contributed by atoms with Crippen LogP contribution in [0.1, 0.15) is 34.5 Å². The third-order valence-electron chi connectivity index (χ3n) is 3.15. The molecule has 1 amide bonds. The van der Waals surface area contributed by atoms with Gasteiger partial charge in [-0.05, 0) is 49.2 Å². The van der Waals surface area contributed by atoms with Crippen LogP contribution in [0, 0.1) is 6.92 Å². The minimum atomic E-state index is -0.185. The zero-order valence-corrected chi connectivity index (χ0v) is 12.2. The summed E-state index contributed by atoms with van der Waals surface area (Å²) in [6.07, 6.45) is 0. The number of rotatable bonds is 3. The monoisotopic (exact) mass is 288 g/mol. The second-order valence-corrected chi connectivity index (χ2v) is 5.28. The SMILES string of the molecule is Cc1ccc(C(=O)NC(C)c2cccc(Cl)c2)c(N)c1. The van der Waals surface area contributed by atoms with E-state index in [0.717, 1.165) is 11.1 Å². The molecule has 4 heteroatoms. The first-order chi connectivity index (χ1) is 9.47. The second kappa shape index (κ2) is 5.97. The van der Waals surface area contributed by atoms with Gasteiger partial charge in [0, 0.05) is 10.7 Å². The molecule has 1 atom stereocenters. The van der Waals surface area contributed by atoms with Crippen molar-refractivity contribution < 1.29 is 4.79 Å². The van der Waals surface area contributed by atoms with E-state index in [2.05, 4.69) is 5.32 Å². The lowest BCUT2D eigenvalue weighted by molar-refractivity contribution is 0.0941. The third kappa shape index (κ3) is 3.31. The second-order valence-electron chi connectivity index (χ2n) is 4.84. The Bertz CT molecular complexity index is 640. The van der Waals surface area contributed by atoms with Crippen LogP contribution in [-0.2, 0) is 0 Å². The first kappa shape index (κ1) is 14.4. The molecule has 0 heterocycles. The summed E-state index contributed by atoms with van der Waals surface area (Å²) in [5, 5.41) is 3.57. The topological polar surface area (TPSA) is 55.1 Å². The van der Waals surface area contributed by atoms with Crippen LogP contribution in [0.2, 0.25) is 5.02 Å². The number of halogens is 1. The molecule has 20 heavy (non-hydrogen) atoms. The Labute approximate surface area is 123 Å². The van der Waals surface area contributed by atoms with E-state index >= 15 is 0 Å². The number of carbonyl (C=O) groups excluding carboxylic acids is 1. The van der Waals surface area contributed by atoms with Crippen molar-refractivity contribution in [1.29, 1.82) is 0 Å². The summed E-state index contributed by atoms with van der Waals surface area (Å²) in [4.78, 5) is 12.2. The standard InChI is InChI=1S/C16H17ClN2O/c1-10-6-7-14(15(18)8-10)16(20)19-11(2)12-4-3-5-13(17)9-12/h3-9,11H,18H2,1-2H3,(H,19,20). The molecule has 0 aliphatic rings. The van der Waals surface area contributed by atoms with Crippen LogP contribution < -0.4 is 11.1 Å². The highest BCUT2D eigenvalue weighted by atomic mass is 35.5. The van der Waals surface area contributed by atoms with E-state index < -0.39 is 0 Å². The lowest BCUT2D eigenvalue weighted by atomic mass is 10.1. The number of hydrogen-bond donors (Lipinski definition) is 2. The predicted molar refractivity (Wildman–Crippen MR) is 82.9 cm³/mol. The first-order valence-corrected chi connectivity index (χ1v) is 6.77. The zero-order chi connectivity index (χ0) is 14.7. The van der Waals surface area contributed by atoms with Crippen LogP contribution in [0.15, 0.2) is 42.5 Å². The Morgan fingerprint density at radius 1 is 1.25 bits per heavy atom. The van der Waals surface area contributed by atoms with Crippen LogP contribution in [0.4, 0.5) is 5.69 Å². The fourth-order valence-corrected chi connectivity index (χ4v) is 2.22. The Morgan fingerprint density at radius 2 is 2.00 bits per heavy atom. The Balaban J connectivity index is 2.15. The van der Waals surface area contributed by atoms with Gasteiger partial charge in [0.25, 0.3) is 5.91 Å². The highest BCUT2D eigenvalue weighted by Gasteiger charge is 2.14. The van der Waals surface area contributed by atoms with E-state index in [-0.39, 0.29) is 11.9 Å². The van der Waals surface area contributed by atoms with Crippen molar-refractivity contribution in [2.45, 2.75) is 19.9 Å². The van der Waals surface area contributed by atoms with E-state index in [1.165, 1.54) is 0 Å². The van der Waals surface area contributed by atoms with Crippen molar-refractivity contribution in [2.24, 2.45) is 0 Å². The number of anilines is 1. The number of nitrogens with two attached hydrogens (primary N) is 1. The Kier molecular flexibility index (Phi) is 4.30. The Morgan fingerprint density at radius 3 is 2.65 bits per heavy atom. The summed E-state index contributed by atoms with van der Waals surface area (Å²) >= 11 is 5.95. The average Bonchev–Trinajstić information content (AvgIpc) is 2.38. The summed E-state index contributed by atoms with van der Waals surface area (Å²) in [7, 11) is 0. The summed E-state index contributed by atoms with van der Waals surface area (Å²) in [5.74, 6) is -0.185. The molecule has 0 spiro atoms. The smallest absolute Gasteiger partial charge is 0.253 e. The number of nitrogens with one attached hydrogen (secondary N) is 1. The summed E-state index contributed by atoms with van der Waals surface area (Å²) < 4.78 is 0. The van der Waals surface area contributed by atoms with Crippen LogP contribution >= 0.6 is 11.6 Å². The summed E-state index contributed by atoms with van der Waals surface area (Å²) in [6.45, 7) is 3.85. The van der Waals surface area contributed by atoms with E-state index in [1.54, 1.807) is 18.2 Å². The van der Waals surface area contributed by atoms with Gasteiger partial charge in [-0.3, -0.25) is 4.79 Å². The highest BCUT2D eigenvalue weighted by molar-refractivity contribution is 6.30. The average molecular weight is 289 g/mol. The summed E-state index contributed by atoms with van der Waals surface area (Å²) in [5.41, 5.74) is 8.84. The molecule has 0 saturated carbocycles. The molecule has 0 aromatic heterocycles. The molecule has 2 aromatic rings. The summed E-state index contributed by atoms with van der Waals surface area (Å²) in [6, 6.07) is 12.7. The molecule has 2 rings (SSSR count). The van der Waals surface area contributed by atoms with Crippen molar-refractivity contribution in [2.75, 3.05) is 5.73 Å². The van der Waals surface area contributed by atoms with Crippen molar-refractivity contribution in [3.05, 3.63) is 64.2 Å². The van der Waals surface area contributed by atoms with Gasteiger partial charge < -0.3 is 11.1 Å². The number of amides is 1. The van der Waals surface area contributed by atoms with Gasteiger partial charge in [-0.15, -0.1) is 0 Å². The molecule has 0 saturated heterocycles. The fourth-order valence-electron chi connectivity index (χ4n) is 2.02. The molecule has 1 unspecified atom stereocenters. The lowest BCUT2D eigenvalue weighted by Crippen LogP contribution is -2.27. The van der Waals surface area contributed by atoms with E-state index in [0.29, 0.717) is 16.3 Å². The number of benzene rings is 2. The van der Waals surface area contributed by atoms with Gasteiger partial charge in [-0.2, -0.15) is 0 Å². The quantitative estimate of drug-likeness (QED) is 0.846. The number of hydrogen-bond acceptors (Lipinski definition) is 2. The van der Waals surface area contributed by atoms with Crippen molar-refractivity contribution in [3.63, 3.8) is 0 Å². The van der Waals surface area contributed by atoms with Gasteiger partial charge >= 0.3 is 0 Å². The maximum Gasteiger partial charge on any atom is 0.253 e. The first-order valence-electron chi connectivity index (χ1n) is 6.40. The van der Waals surface area contributed by atoms with E-state index in [4.69, 9.17) is 17.3 Å². The normalized spacial score (nSPS) is 11.9. The maximum absolute atomic E-state index is 12.2. The van der Waals surface area contributed by atoms with E-state index in [1.807, 2.05) is 38.1 Å². The molecule has 0 fully saturated rings. The predicted octanol–water partition coefficient (Wildman–Crippen LogP) is 3.72. The van der Waals surface area contributed by atoms with Crippen LogP contribution in [0.25, 0.3) is 0 Å². The minimum Gasteiger partial charge on any atom is -0.398 e.